The summed E-state index contributed by atoms with van der Waals surface area (Å²) in [6.07, 6.45) is 3.78. The van der Waals surface area contributed by atoms with Crippen LogP contribution in [0.25, 0.3) is 11.0 Å². The third-order valence-electron chi connectivity index (χ3n) is 6.31. The van der Waals surface area contributed by atoms with E-state index in [1.807, 2.05) is 36.4 Å². The van der Waals surface area contributed by atoms with Crippen molar-refractivity contribution in [2.24, 2.45) is 0 Å². The fourth-order valence-electron chi connectivity index (χ4n) is 4.57. The third kappa shape index (κ3) is 5.10. The predicted octanol–water partition coefficient (Wildman–Crippen LogP) is 3.52. The highest BCUT2D eigenvalue weighted by atomic mass is 16.5. The van der Waals surface area contributed by atoms with Gasteiger partial charge < -0.3 is 19.2 Å². The van der Waals surface area contributed by atoms with Gasteiger partial charge in [-0.3, -0.25) is 9.69 Å². The first-order valence-electron chi connectivity index (χ1n) is 11.6. The lowest BCUT2D eigenvalue weighted by Gasteiger charge is -2.26. The fourth-order valence-corrected chi connectivity index (χ4v) is 4.57. The van der Waals surface area contributed by atoms with Crippen molar-refractivity contribution in [2.75, 3.05) is 38.2 Å². The summed E-state index contributed by atoms with van der Waals surface area (Å²) in [5.41, 5.74) is 4.07. The van der Waals surface area contributed by atoms with Gasteiger partial charge in [-0.15, -0.1) is 0 Å². The molecule has 2 heterocycles. The van der Waals surface area contributed by atoms with E-state index >= 15 is 0 Å². The van der Waals surface area contributed by atoms with E-state index in [9.17, 15) is 9.59 Å². The lowest BCUT2D eigenvalue weighted by molar-refractivity contribution is -0.118. The first-order chi connectivity index (χ1) is 16.2. The molecule has 3 aromatic rings. The van der Waals surface area contributed by atoms with Crippen LogP contribution in [-0.2, 0) is 28.9 Å². The second-order valence-corrected chi connectivity index (χ2v) is 8.63. The number of anilines is 1. The summed E-state index contributed by atoms with van der Waals surface area (Å²) in [7, 11) is 0. The smallest absolute Gasteiger partial charge is 0.339 e. The molecule has 7 heteroatoms. The number of amides is 1. The van der Waals surface area contributed by atoms with Crippen molar-refractivity contribution in [3.05, 3.63) is 69.6 Å². The number of carbonyl (C=O) groups is 1. The van der Waals surface area contributed by atoms with Gasteiger partial charge in [-0.1, -0.05) is 12.1 Å². The van der Waals surface area contributed by atoms with Crippen LogP contribution in [-0.4, -0.2) is 43.7 Å². The number of hydrogen-bond donors (Lipinski definition) is 1. The Bertz CT molecular complexity index is 1200. The number of nitrogens with zero attached hydrogens (tertiary/aromatic N) is 1. The van der Waals surface area contributed by atoms with E-state index in [0.717, 1.165) is 80.7 Å². The standard InChI is InChI=1S/C26H28N2O5/c29-25(27-19-7-5-18(6-8-19)16-28-11-13-31-14-12-28)17-32-20-9-10-22-21-3-1-2-4-23(21)26(30)33-24(22)15-20/h5-10,15H,1-4,11-14,16-17H2,(H,27,29). The number of carbonyl (C=O) groups excluding carboxylic acids is 1. The molecule has 1 aromatic heterocycles. The highest BCUT2D eigenvalue weighted by molar-refractivity contribution is 5.92. The molecule has 2 aromatic carbocycles. The van der Waals surface area contributed by atoms with Gasteiger partial charge in [0.05, 0.1) is 13.2 Å². The first-order valence-corrected chi connectivity index (χ1v) is 11.6. The van der Waals surface area contributed by atoms with E-state index in [4.69, 9.17) is 13.9 Å². The zero-order chi connectivity index (χ0) is 22.6. The van der Waals surface area contributed by atoms with Gasteiger partial charge in [-0.2, -0.15) is 0 Å². The van der Waals surface area contributed by atoms with Crippen LogP contribution in [0, 0.1) is 0 Å². The second-order valence-electron chi connectivity index (χ2n) is 8.63. The maximum absolute atomic E-state index is 12.4. The average molecular weight is 449 g/mol. The van der Waals surface area contributed by atoms with Gasteiger partial charge in [0.2, 0.25) is 0 Å². The summed E-state index contributed by atoms with van der Waals surface area (Å²) in [5, 5.41) is 3.82. The summed E-state index contributed by atoms with van der Waals surface area (Å²) in [6.45, 7) is 4.19. The van der Waals surface area contributed by atoms with Crippen molar-refractivity contribution in [3.8, 4) is 5.75 Å². The molecule has 1 saturated heterocycles. The van der Waals surface area contributed by atoms with Gasteiger partial charge in [0.25, 0.3) is 5.91 Å². The Labute approximate surface area is 192 Å². The number of morpholine rings is 1. The van der Waals surface area contributed by atoms with Crippen LogP contribution in [0.2, 0.25) is 0 Å². The summed E-state index contributed by atoms with van der Waals surface area (Å²) >= 11 is 0. The molecule has 1 aliphatic carbocycles. The Balaban J connectivity index is 1.18. The molecule has 1 N–H and O–H groups in total. The summed E-state index contributed by atoms with van der Waals surface area (Å²) < 4.78 is 16.6. The number of nitrogens with one attached hydrogen (secondary N) is 1. The molecule has 5 rings (SSSR count). The van der Waals surface area contributed by atoms with Crippen molar-refractivity contribution >= 4 is 22.6 Å². The van der Waals surface area contributed by atoms with Crippen LogP contribution in [0.4, 0.5) is 5.69 Å². The number of benzene rings is 2. The molecule has 0 radical (unpaired) electrons. The minimum absolute atomic E-state index is 0.129. The molecule has 0 unspecified atom stereocenters. The third-order valence-corrected chi connectivity index (χ3v) is 6.31. The summed E-state index contributed by atoms with van der Waals surface area (Å²) in [6, 6.07) is 13.3. The Kier molecular flexibility index (Phi) is 6.41. The Morgan fingerprint density at radius 2 is 1.76 bits per heavy atom. The lowest BCUT2D eigenvalue weighted by atomic mass is 9.91. The fraction of sp³-hybridized carbons (Fsp3) is 0.385. The van der Waals surface area contributed by atoms with Crippen molar-refractivity contribution < 1.29 is 18.7 Å². The van der Waals surface area contributed by atoms with E-state index < -0.39 is 0 Å². The summed E-state index contributed by atoms with van der Waals surface area (Å²) in [4.78, 5) is 27.0. The highest BCUT2D eigenvalue weighted by Gasteiger charge is 2.18. The molecule has 0 spiro atoms. The molecule has 0 atom stereocenters. The Morgan fingerprint density at radius 1 is 1.00 bits per heavy atom. The zero-order valence-electron chi connectivity index (χ0n) is 18.6. The van der Waals surface area contributed by atoms with Crippen molar-refractivity contribution in [3.63, 3.8) is 0 Å². The number of fused-ring (bicyclic) bond motifs is 3. The van der Waals surface area contributed by atoms with Crippen LogP contribution in [0.3, 0.4) is 0 Å². The Hall–Kier alpha value is -3.16. The molecule has 1 fully saturated rings. The molecule has 1 amide bonds. The minimum Gasteiger partial charge on any atom is -0.484 e. The van der Waals surface area contributed by atoms with Gasteiger partial charge in [-0.25, -0.2) is 4.79 Å². The van der Waals surface area contributed by atoms with Crippen molar-refractivity contribution in [1.82, 2.24) is 4.90 Å². The molecule has 33 heavy (non-hydrogen) atoms. The van der Waals surface area contributed by atoms with Crippen LogP contribution >= 0.6 is 0 Å². The zero-order valence-corrected chi connectivity index (χ0v) is 18.6. The maximum Gasteiger partial charge on any atom is 0.339 e. The molecular formula is C26H28N2O5. The minimum atomic E-state index is -0.260. The lowest BCUT2D eigenvalue weighted by Crippen LogP contribution is -2.35. The van der Waals surface area contributed by atoms with E-state index in [1.54, 1.807) is 6.07 Å². The molecule has 0 bridgehead atoms. The van der Waals surface area contributed by atoms with Crippen LogP contribution in [0.15, 0.2) is 51.7 Å². The topological polar surface area (TPSA) is 81.0 Å². The first kappa shape index (κ1) is 21.7. The number of ether oxygens (including phenoxy) is 2. The normalized spacial score (nSPS) is 16.4. The molecule has 1 aliphatic heterocycles. The van der Waals surface area contributed by atoms with Gasteiger partial charge in [0, 0.05) is 42.3 Å². The van der Waals surface area contributed by atoms with Crippen molar-refractivity contribution in [1.29, 1.82) is 0 Å². The van der Waals surface area contributed by atoms with E-state index in [1.165, 1.54) is 5.56 Å². The number of aryl methyl sites for hydroxylation is 1. The number of rotatable bonds is 6. The Morgan fingerprint density at radius 3 is 2.55 bits per heavy atom. The predicted molar refractivity (Wildman–Crippen MR) is 126 cm³/mol. The van der Waals surface area contributed by atoms with Crippen LogP contribution in [0.5, 0.6) is 5.75 Å². The molecular weight excluding hydrogens is 420 g/mol. The largest absolute Gasteiger partial charge is 0.484 e. The molecule has 7 nitrogen and oxygen atoms in total. The van der Waals surface area contributed by atoms with E-state index in [2.05, 4.69) is 10.2 Å². The molecule has 172 valence electrons. The van der Waals surface area contributed by atoms with E-state index in [0.29, 0.717) is 11.3 Å². The van der Waals surface area contributed by atoms with Gasteiger partial charge in [0.15, 0.2) is 6.61 Å². The second kappa shape index (κ2) is 9.77. The molecule has 2 aliphatic rings. The van der Waals surface area contributed by atoms with Crippen molar-refractivity contribution in [2.45, 2.75) is 32.2 Å². The SMILES string of the molecule is O=C(COc1ccc2c3c(c(=O)oc2c1)CCCC3)Nc1ccc(CN2CCOCC2)cc1. The van der Waals surface area contributed by atoms with Crippen LogP contribution in [0.1, 0.15) is 29.5 Å². The highest BCUT2D eigenvalue weighted by Crippen LogP contribution is 2.29. The van der Waals surface area contributed by atoms with Crippen LogP contribution < -0.4 is 15.7 Å². The molecule has 0 saturated carbocycles. The monoisotopic (exact) mass is 448 g/mol. The average Bonchev–Trinajstić information content (AvgIpc) is 2.85. The number of hydrogen-bond acceptors (Lipinski definition) is 6. The van der Waals surface area contributed by atoms with E-state index in [-0.39, 0.29) is 18.1 Å². The van der Waals surface area contributed by atoms with Gasteiger partial charge >= 0.3 is 5.63 Å². The quantitative estimate of drug-likeness (QED) is 0.581. The van der Waals surface area contributed by atoms with Gasteiger partial charge in [0.1, 0.15) is 11.3 Å². The summed E-state index contributed by atoms with van der Waals surface area (Å²) in [5.74, 6) is 0.250. The maximum atomic E-state index is 12.4. The van der Waals surface area contributed by atoms with Gasteiger partial charge in [-0.05, 0) is 61.1 Å².